The van der Waals surface area contributed by atoms with Crippen LogP contribution in [0.15, 0.2) is 18.2 Å². The molecule has 0 fully saturated rings. The molecule has 0 aliphatic carbocycles. The lowest BCUT2D eigenvalue weighted by molar-refractivity contribution is 0.0918. The molecule has 4 heteroatoms. The first-order chi connectivity index (χ1) is 7.35. The van der Waals surface area contributed by atoms with Crippen LogP contribution in [0, 0.1) is 6.92 Å². The second kappa shape index (κ2) is 4.87. The average Bonchev–Trinajstić information content (AvgIpc) is 2.16. The fourth-order valence-electron chi connectivity index (χ4n) is 1.24. The van der Waals surface area contributed by atoms with Crippen molar-refractivity contribution in [3.05, 3.63) is 29.3 Å². The zero-order chi connectivity index (χ0) is 12.3. The van der Waals surface area contributed by atoms with Gasteiger partial charge in [-0.15, -0.1) is 0 Å². The summed E-state index contributed by atoms with van der Waals surface area (Å²) in [4.78, 5) is 11.9. The Bertz CT molecular complexity index is 402. The molecule has 16 heavy (non-hydrogen) atoms. The monoisotopic (exact) mass is 285 g/mol. The first-order valence-corrected chi connectivity index (χ1v) is 6.16. The number of hydrogen-bond donors (Lipinski definition) is 2. The van der Waals surface area contributed by atoms with Gasteiger partial charge in [0.2, 0.25) is 0 Å². The highest BCUT2D eigenvalue weighted by atomic mass is 79.9. The molecule has 0 saturated carbocycles. The lowest BCUT2D eigenvalue weighted by Crippen LogP contribution is -2.44. The summed E-state index contributed by atoms with van der Waals surface area (Å²) in [7, 11) is 0. The van der Waals surface area contributed by atoms with Crippen molar-refractivity contribution in [3.63, 3.8) is 0 Å². The summed E-state index contributed by atoms with van der Waals surface area (Å²) < 4.78 is 0. The van der Waals surface area contributed by atoms with E-state index in [1.54, 1.807) is 18.2 Å². The van der Waals surface area contributed by atoms with Crippen LogP contribution in [0.4, 0.5) is 0 Å². The smallest absolute Gasteiger partial charge is 0.255 e. The van der Waals surface area contributed by atoms with Gasteiger partial charge in [0.15, 0.2) is 0 Å². The number of benzene rings is 1. The summed E-state index contributed by atoms with van der Waals surface area (Å²) in [6.07, 6.45) is 0. The molecule has 0 radical (unpaired) electrons. The Morgan fingerprint density at radius 2 is 2.12 bits per heavy atom. The third-order valence-electron chi connectivity index (χ3n) is 2.18. The number of carbonyl (C=O) groups excluding carboxylic acids is 1. The Labute approximate surface area is 104 Å². The number of halogens is 1. The number of phenolic OH excluding ortho intramolecular Hbond substituents is 1. The minimum atomic E-state index is -0.339. The molecule has 1 aromatic rings. The van der Waals surface area contributed by atoms with Gasteiger partial charge in [0.25, 0.3) is 5.91 Å². The first kappa shape index (κ1) is 13.0. The number of aromatic hydroxyl groups is 1. The fourth-order valence-corrected chi connectivity index (χ4v) is 1.38. The molecule has 0 aromatic heterocycles. The van der Waals surface area contributed by atoms with Crippen LogP contribution in [-0.2, 0) is 0 Å². The van der Waals surface area contributed by atoms with Crippen LogP contribution in [0.2, 0.25) is 0 Å². The molecule has 1 rings (SSSR count). The summed E-state index contributed by atoms with van der Waals surface area (Å²) in [5.74, 6) is -0.246. The van der Waals surface area contributed by atoms with Gasteiger partial charge in [-0.25, -0.2) is 0 Å². The molecule has 0 heterocycles. The Morgan fingerprint density at radius 1 is 1.50 bits per heavy atom. The van der Waals surface area contributed by atoms with Crippen LogP contribution in [0.1, 0.15) is 29.8 Å². The summed E-state index contributed by atoms with van der Waals surface area (Å²) in [6.45, 7) is 5.68. The summed E-state index contributed by atoms with van der Waals surface area (Å²) in [5.41, 5.74) is 0.891. The van der Waals surface area contributed by atoms with Crippen LogP contribution in [0.5, 0.6) is 5.75 Å². The van der Waals surface area contributed by atoms with Gasteiger partial charge in [0, 0.05) is 10.9 Å². The topological polar surface area (TPSA) is 49.3 Å². The van der Waals surface area contributed by atoms with Crippen molar-refractivity contribution >= 4 is 21.8 Å². The molecule has 0 bridgehead atoms. The highest BCUT2D eigenvalue weighted by molar-refractivity contribution is 9.09. The normalized spacial score (nSPS) is 11.2. The molecule has 3 nitrogen and oxygen atoms in total. The zero-order valence-corrected chi connectivity index (χ0v) is 11.3. The molecule has 0 saturated heterocycles. The van der Waals surface area contributed by atoms with E-state index in [-0.39, 0.29) is 17.2 Å². The third kappa shape index (κ3) is 3.23. The predicted octanol–water partition coefficient (Wildman–Crippen LogP) is 2.60. The van der Waals surface area contributed by atoms with Gasteiger partial charge >= 0.3 is 0 Å². The van der Waals surface area contributed by atoms with Gasteiger partial charge < -0.3 is 10.4 Å². The van der Waals surface area contributed by atoms with Gasteiger partial charge in [-0.3, -0.25) is 4.79 Å². The van der Waals surface area contributed by atoms with Gasteiger partial charge in [0.05, 0.1) is 5.56 Å². The highest BCUT2D eigenvalue weighted by Crippen LogP contribution is 2.19. The van der Waals surface area contributed by atoms with Crippen LogP contribution in [0.3, 0.4) is 0 Å². The Hall–Kier alpha value is -1.03. The maximum Gasteiger partial charge on any atom is 0.255 e. The predicted molar refractivity (Wildman–Crippen MR) is 68.2 cm³/mol. The molecule has 0 aliphatic rings. The maximum atomic E-state index is 11.9. The van der Waals surface area contributed by atoms with E-state index in [4.69, 9.17) is 0 Å². The Balaban J connectivity index is 2.89. The molecule has 1 aromatic carbocycles. The number of carbonyl (C=O) groups is 1. The number of amides is 1. The van der Waals surface area contributed by atoms with Crippen LogP contribution < -0.4 is 5.32 Å². The maximum absolute atomic E-state index is 11.9. The average molecular weight is 286 g/mol. The van der Waals surface area contributed by atoms with Crippen LogP contribution >= 0.6 is 15.9 Å². The number of nitrogens with one attached hydrogen (secondary N) is 1. The van der Waals surface area contributed by atoms with Crippen LogP contribution in [0.25, 0.3) is 0 Å². The molecule has 0 atom stereocenters. The summed E-state index contributed by atoms with van der Waals surface area (Å²) >= 11 is 3.32. The van der Waals surface area contributed by atoms with Gasteiger partial charge in [-0.1, -0.05) is 22.0 Å². The first-order valence-electron chi connectivity index (χ1n) is 5.04. The highest BCUT2D eigenvalue weighted by Gasteiger charge is 2.21. The molecule has 2 N–H and O–H groups in total. The van der Waals surface area contributed by atoms with Crippen molar-refractivity contribution in [2.75, 3.05) is 5.33 Å². The van der Waals surface area contributed by atoms with Crippen molar-refractivity contribution in [1.29, 1.82) is 0 Å². The van der Waals surface area contributed by atoms with Crippen molar-refractivity contribution in [2.45, 2.75) is 26.3 Å². The number of rotatable bonds is 3. The molecule has 1 amide bonds. The second-order valence-electron chi connectivity index (χ2n) is 4.49. The number of phenols is 1. The van der Waals surface area contributed by atoms with Crippen molar-refractivity contribution in [2.24, 2.45) is 0 Å². The van der Waals surface area contributed by atoms with Crippen LogP contribution in [-0.4, -0.2) is 21.9 Å². The Morgan fingerprint density at radius 3 is 2.62 bits per heavy atom. The quantitative estimate of drug-likeness (QED) is 0.839. The number of alkyl halides is 1. The van der Waals surface area contributed by atoms with E-state index in [0.29, 0.717) is 10.9 Å². The van der Waals surface area contributed by atoms with Crippen molar-refractivity contribution in [1.82, 2.24) is 5.32 Å². The minimum Gasteiger partial charge on any atom is -0.507 e. The van der Waals surface area contributed by atoms with E-state index >= 15 is 0 Å². The molecule has 0 spiro atoms. The largest absolute Gasteiger partial charge is 0.507 e. The summed E-state index contributed by atoms with van der Waals surface area (Å²) in [5, 5.41) is 13.1. The standard InChI is InChI=1S/C12H16BrNO2/c1-8-4-5-9(10(15)6-8)11(16)14-12(2,3)7-13/h4-6,15H,7H2,1-3H3,(H,14,16). The van der Waals surface area contributed by atoms with E-state index < -0.39 is 0 Å². The number of aryl methyl sites for hydroxylation is 1. The van der Waals surface area contributed by atoms with Crippen molar-refractivity contribution < 1.29 is 9.90 Å². The molecule has 0 aliphatic heterocycles. The second-order valence-corrected chi connectivity index (χ2v) is 5.05. The van der Waals surface area contributed by atoms with E-state index in [2.05, 4.69) is 21.2 Å². The van der Waals surface area contributed by atoms with E-state index in [0.717, 1.165) is 5.56 Å². The van der Waals surface area contributed by atoms with E-state index in [1.165, 1.54) is 0 Å². The SMILES string of the molecule is Cc1ccc(C(=O)NC(C)(C)CBr)c(O)c1. The lowest BCUT2D eigenvalue weighted by atomic mass is 10.1. The fraction of sp³-hybridized carbons (Fsp3) is 0.417. The van der Waals surface area contributed by atoms with Crippen molar-refractivity contribution in [3.8, 4) is 5.75 Å². The minimum absolute atomic E-state index is 0.0165. The van der Waals surface area contributed by atoms with Gasteiger partial charge in [-0.2, -0.15) is 0 Å². The molecule has 0 unspecified atom stereocenters. The Kier molecular flexibility index (Phi) is 3.97. The van der Waals surface area contributed by atoms with Gasteiger partial charge in [0.1, 0.15) is 5.75 Å². The van der Waals surface area contributed by atoms with Gasteiger partial charge in [-0.05, 0) is 38.5 Å². The molecular formula is C12H16BrNO2. The molecular weight excluding hydrogens is 270 g/mol. The zero-order valence-electron chi connectivity index (χ0n) is 9.67. The summed E-state index contributed by atoms with van der Waals surface area (Å²) in [6, 6.07) is 5.01. The van der Waals surface area contributed by atoms with E-state index in [9.17, 15) is 9.90 Å². The molecule has 88 valence electrons. The number of hydrogen-bond acceptors (Lipinski definition) is 2. The van der Waals surface area contributed by atoms with E-state index in [1.807, 2.05) is 20.8 Å². The lowest BCUT2D eigenvalue weighted by Gasteiger charge is -2.23. The third-order valence-corrected chi connectivity index (χ3v) is 3.59.